The molecule has 0 rings (SSSR count). The molecule has 0 amide bonds. The highest BCUT2D eigenvalue weighted by atomic mass is 16.6. The number of carbonyl (C=O) groups excluding carboxylic acids is 1. The molecule has 4 nitrogen and oxygen atoms in total. The highest BCUT2D eigenvalue weighted by molar-refractivity contribution is 5.70. The second-order valence-corrected chi connectivity index (χ2v) is 1.58. The van der Waals surface area contributed by atoms with Gasteiger partial charge in [0.1, 0.15) is 6.61 Å². The van der Waals surface area contributed by atoms with Crippen molar-refractivity contribution in [2.75, 3.05) is 26.4 Å². The molecule has 0 aromatic heterocycles. The van der Waals surface area contributed by atoms with Crippen molar-refractivity contribution < 1.29 is 19.4 Å². The minimum Gasteiger partial charge on any atom is -0.464 e. The minimum absolute atomic E-state index is 0.0700. The van der Waals surface area contributed by atoms with Gasteiger partial charge in [0, 0.05) is 0 Å². The molecule has 10 heavy (non-hydrogen) atoms. The summed E-state index contributed by atoms with van der Waals surface area (Å²) < 4.78 is 9.22. The maximum atomic E-state index is 10.5. The molecule has 1 N–H and O–H groups in total. The molecule has 0 bridgehead atoms. The number of aliphatic hydroxyl groups is 1. The van der Waals surface area contributed by atoms with Gasteiger partial charge < -0.3 is 14.6 Å². The maximum absolute atomic E-state index is 10.5. The van der Waals surface area contributed by atoms with Crippen molar-refractivity contribution in [3.8, 4) is 0 Å². The zero-order valence-electron chi connectivity index (χ0n) is 6.00. The molecule has 0 aliphatic carbocycles. The van der Waals surface area contributed by atoms with Gasteiger partial charge in [0.05, 0.1) is 19.8 Å². The lowest BCUT2D eigenvalue weighted by Gasteiger charge is -2.00. The second-order valence-electron chi connectivity index (χ2n) is 1.58. The molecule has 0 saturated heterocycles. The third-order valence-electron chi connectivity index (χ3n) is 0.761. The molecule has 0 atom stereocenters. The molecule has 60 valence electrons. The Labute approximate surface area is 59.7 Å². The Bertz CT molecular complexity index is 91.7. The van der Waals surface area contributed by atoms with E-state index in [9.17, 15) is 4.79 Å². The minimum atomic E-state index is -0.393. The van der Waals surface area contributed by atoms with Crippen LogP contribution in [0.25, 0.3) is 0 Å². The number of hydrogen-bond donors (Lipinski definition) is 1. The molecule has 0 radical (unpaired) electrons. The maximum Gasteiger partial charge on any atom is 0.332 e. The second kappa shape index (κ2) is 6.51. The van der Waals surface area contributed by atoms with Crippen LogP contribution < -0.4 is 0 Å². The first-order valence-corrected chi connectivity index (χ1v) is 3.15. The van der Waals surface area contributed by atoms with Crippen molar-refractivity contribution in [3.05, 3.63) is 0 Å². The zero-order chi connectivity index (χ0) is 7.82. The third-order valence-corrected chi connectivity index (χ3v) is 0.761. The summed E-state index contributed by atoms with van der Waals surface area (Å²) in [6.45, 7) is 2.12. The smallest absolute Gasteiger partial charge is 0.332 e. The van der Waals surface area contributed by atoms with Crippen molar-refractivity contribution in [2.24, 2.45) is 0 Å². The molecule has 0 fully saturated rings. The number of aliphatic hydroxyl groups excluding tert-OH is 1. The van der Waals surface area contributed by atoms with E-state index in [0.29, 0.717) is 6.61 Å². The summed E-state index contributed by atoms with van der Waals surface area (Å²) >= 11 is 0. The van der Waals surface area contributed by atoms with E-state index >= 15 is 0 Å². The molecule has 0 aliphatic heterocycles. The van der Waals surface area contributed by atoms with Crippen molar-refractivity contribution in [2.45, 2.75) is 6.92 Å². The van der Waals surface area contributed by atoms with Crippen LogP contribution in [-0.4, -0.2) is 37.5 Å². The van der Waals surface area contributed by atoms with Gasteiger partial charge >= 0.3 is 5.97 Å². The van der Waals surface area contributed by atoms with Crippen LogP contribution in [0.15, 0.2) is 0 Å². The summed E-state index contributed by atoms with van der Waals surface area (Å²) in [6.07, 6.45) is 0. The van der Waals surface area contributed by atoms with Gasteiger partial charge in [0.2, 0.25) is 0 Å². The monoisotopic (exact) mass is 148 g/mol. The fourth-order valence-electron chi connectivity index (χ4n) is 0.423. The van der Waals surface area contributed by atoms with Crippen LogP contribution in [0, 0.1) is 0 Å². The first kappa shape index (κ1) is 9.39. The molecule has 4 heteroatoms. The largest absolute Gasteiger partial charge is 0.464 e. The molecule has 0 spiro atoms. The quantitative estimate of drug-likeness (QED) is 0.424. The van der Waals surface area contributed by atoms with Gasteiger partial charge in [0.25, 0.3) is 0 Å². The van der Waals surface area contributed by atoms with E-state index in [1.54, 1.807) is 6.92 Å². The van der Waals surface area contributed by atoms with Crippen LogP contribution >= 0.6 is 0 Å². The molecule has 0 saturated carbocycles. The fourth-order valence-corrected chi connectivity index (χ4v) is 0.423. The van der Waals surface area contributed by atoms with Crippen LogP contribution in [0.3, 0.4) is 0 Å². The van der Waals surface area contributed by atoms with E-state index in [0.717, 1.165) is 0 Å². The Morgan fingerprint density at radius 1 is 1.60 bits per heavy atom. The van der Waals surface area contributed by atoms with Gasteiger partial charge in [-0.15, -0.1) is 0 Å². The Hall–Kier alpha value is -0.610. The van der Waals surface area contributed by atoms with Crippen molar-refractivity contribution in [1.82, 2.24) is 0 Å². The first-order chi connectivity index (χ1) is 4.81. The Kier molecular flexibility index (Phi) is 6.11. The lowest BCUT2D eigenvalue weighted by molar-refractivity contribution is -0.148. The lowest BCUT2D eigenvalue weighted by atomic mass is 10.7. The van der Waals surface area contributed by atoms with Crippen LogP contribution in [0.1, 0.15) is 6.92 Å². The molecule has 0 aromatic rings. The molecule has 0 aliphatic rings. The fraction of sp³-hybridized carbons (Fsp3) is 0.833. The summed E-state index contributed by atoms with van der Waals surface area (Å²) in [5, 5.41) is 8.23. The summed E-state index contributed by atoms with van der Waals surface area (Å²) in [6, 6.07) is 0. The van der Waals surface area contributed by atoms with E-state index in [4.69, 9.17) is 5.11 Å². The average molecular weight is 148 g/mol. The Balaban J connectivity index is 3.05. The third kappa shape index (κ3) is 5.53. The van der Waals surface area contributed by atoms with Gasteiger partial charge in [-0.2, -0.15) is 0 Å². The van der Waals surface area contributed by atoms with E-state index in [2.05, 4.69) is 9.47 Å². The predicted octanol–water partition coefficient (Wildman–Crippen LogP) is -0.442. The lowest BCUT2D eigenvalue weighted by Crippen LogP contribution is -2.13. The highest BCUT2D eigenvalue weighted by Gasteiger charge is 1.98. The Morgan fingerprint density at radius 2 is 2.30 bits per heavy atom. The van der Waals surface area contributed by atoms with Crippen LogP contribution in [0.2, 0.25) is 0 Å². The van der Waals surface area contributed by atoms with Gasteiger partial charge in [-0.1, -0.05) is 0 Å². The van der Waals surface area contributed by atoms with Crippen molar-refractivity contribution in [1.29, 1.82) is 0 Å². The molecular weight excluding hydrogens is 136 g/mol. The SMILES string of the molecule is CCOC(=O)COCCO. The number of carbonyl (C=O) groups is 1. The topological polar surface area (TPSA) is 55.8 Å². The van der Waals surface area contributed by atoms with E-state index in [-0.39, 0.29) is 19.8 Å². The van der Waals surface area contributed by atoms with Crippen molar-refractivity contribution in [3.63, 3.8) is 0 Å². The molecule has 0 unspecified atom stereocenters. The number of esters is 1. The number of rotatable bonds is 5. The van der Waals surface area contributed by atoms with E-state index < -0.39 is 5.97 Å². The summed E-state index contributed by atoms with van der Waals surface area (Å²) in [5.74, 6) is -0.393. The van der Waals surface area contributed by atoms with Gasteiger partial charge in [-0.25, -0.2) is 4.79 Å². The van der Waals surface area contributed by atoms with E-state index in [1.165, 1.54) is 0 Å². The normalized spacial score (nSPS) is 9.40. The summed E-state index contributed by atoms with van der Waals surface area (Å²) in [7, 11) is 0. The molecular formula is C6H12O4. The first-order valence-electron chi connectivity index (χ1n) is 3.15. The standard InChI is InChI=1S/C6H12O4/c1-2-10-6(8)5-9-4-3-7/h7H,2-5H2,1H3. The van der Waals surface area contributed by atoms with Gasteiger partial charge in [-0.05, 0) is 6.92 Å². The average Bonchev–Trinajstić information content (AvgIpc) is 1.89. The predicted molar refractivity (Wildman–Crippen MR) is 34.5 cm³/mol. The van der Waals surface area contributed by atoms with Gasteiger partial charge in [0.15, 0.2) is 0 Å². The van der Waals surface area contributed by atoms with Crippen molar-refractivity contribution >= 4 is 5.97 Å². The van der Waals surface area contributed by atoms with Gasteiger partial charge in [-0.3, -0.25) is 0 Å². The van der Waals surface area contributed by atoms with Crippen LogP contribution in [0.4, 0.5) is 0 Å². The zero-order valence-corrected chi connectivity index (χ0v) is 6.00. The molecule has 0 aromatic carbocycles. The Morgan fingerprint density at radius 3 is 2.80 bits per heavy atom. The summed E-state index contributed by atoms with van der Waals surface area (Å²) in [5.41, 5.74) is 0. The highest BCUT2D eigenvalue weighted by Crippen LogP contribution is 1.79. The number of hydrogen-bond acceptors (Lipinski definition) is 4. The number of ether oxygens (including phenoxy) is 2. The van der Waals surface area contributed by atoms with Crippen LogP contribution in [-0.2, 0) is 14.3 Å². The van der Waals surface area contributed by atoms with E-state index in [1.807, 2.05) is 0 Å². The summed E-state index contributed by atoms with van der Waals surface area (Å²) in [4.78, 5) is 10.5. The van der Waals surface area contributed by atoms with Crippen LogP contribution in [0.5, 0.6) is 0 Å². The molecule has 0 heterocycles.